The van der Waals surface area contributed by atoms with Crippen LogP contribution in [0.1, 0.15) is 12.5 Å². The van der Waals surface area contributed by atoms with Gasteiger partial charge < -0.3 is 8.85 Å². The van der Waals surface area contributed by atoms with E-state index in [1.807, 2.05) is 6.07 Å². The monoisotopic (exact) mass is 196 g/mol. The summed E-state index contributed by atoms with van der Waals surface area (Å²) in [5.41, 5.74) is 1.34. The maximum Gasteiger partial charge on any atom is 0.355 e. The minimum Gasteiger partial charge on any atom is -0.397 e. The van der Waals surface area contributed by atoms with Gasteiger partial charge in [0.1, 0.15) is 0 Å². The summed E-state index contributed by atoms with van der Waals surface area (Å²) in [4.78, 5) is 0. The average Bonchev–Trinajstić information content (AvgIpc) is 2.20. The Kier molecular flexibility index (Phi) is 4.15. The van der Waals surface area contributed by atoms with E-state index in [4.69, 9.17) is 8.85 Å². The summed E-state index contributed by atoms with van der Waals surface area (Å²) >= 11 is 0. The zero-order valence-electron chi connectivity index (χ0n) is 8.41. The van der Waals surface area contributed by atoms with E-state index in [2.05, 4.69) is 25.1 Å². The summed E-state index contributed by atoms with van der Waals surface area (Å²) in [6.07, 6.45) is 1.03. The van der Waals surface area contributed by atoms with Crippen LogP contribution in [-0.4, -0.2) is 23.5 Å². The molecule has 0 spiro atoms. The molecule has 0 bridgehead atoms. The minimum absolute atomic E-state index is 1.03. The van der Waals surface area contributed by atoms with Gasteiger partial charge in [-0.2, -0.15) is 0 Å². The van der Waals surface area contributed by atoms with Crippen LogP contribution in [0.4, 0.5) is 0 Å². The van der Waals surface area contributed by atoms with E-state index in [1.165, 1.54) is 10.8 Å². The van der Waals surface area contributed by atoms with Crippen molar-refractivity contribution in [2.45, 2.75) is 13.3 Å². The van der Waals surface area contributed by atoms with E-state index in [1.54, 1.807) is 14.2 Å². The third-order valence-electron chi connectivity index (χ3n) is 2.12. The van der Waals surface area contributed by atoms with Crippen LogP contribution in [0, 0.1) is 0 Å². The highest BCUT2D eigenvalue weighted by molar-refractivity contribution is 6.61. The van der Waals surface area contributed by atoms with Crippen LogP contribution in [0.15, 0.2) is 24.3 Å². The Morgan fingerprint density at radius 2 is 1.77 bits per heavy atom. The summed E-state index contributed by atoms with van der Waals surface area (Å²) in [6.45, 7) is 2.15. The molecule has 1 aromatic rings. The van der Waals surface area contributed by atoms with Crippen LogP contribution in [0.25, 0.3) is 0 Å². The fourth-order valence-electron chi connectivity index (χ4n) is 1.44. The number of hydrogen-bond donors (Lipinski definition) is 0. The Bertz CT molecular complexity index is 259. The van der Waals surface area contributed by atoms with Crippen molar-refractivity contribution in [2.75, 3.05) is 14.2 Å². The molecule has 0 aliphatic heterocycles. The molecule has 1 rings (SSSR count). The van der Waals surface area contributed by atoms with Crippen molar-refractivity contribution >= 4 is 14.5 Å². The van der Waals surface area contributed by atoms with Crippen molar-refractivity contribution in [3.8, 4) is 0 Å². The SMILES string of the molecule is CCc1ccccc1[SiH](OC)OC. The molecule has 0 atom stereocenters. The predicted molar refractivity (Wildman–Crippen MR) is 56.6 cm³/mol. The first-order valence-corrected chi connectivity index (χ1v) is 5.98. The smallest absolute Gasteiger partial charge is 0.355 e. The topological polar surface area (TPSA) is 18.5 Å². The highest BCUT2D eigenvalue weighted by atomic mass is 28.3. The molecule has 0 saturated carbocycles. The standard InChI is InChI=1S/C10H16O2Si/c1-4-9-7-5-6-8-10(9)13(11-2)12-3/h5-8,13H,4H2,1-3H3. The lowest BCUT2D eigenvalue weighted by Crippen LogP contribution is -2.37. The number of hydrogen-bond acceptors (Lipinski definition) is 2. The zero-order valence-corrected chi connectivity index (χ0v) is 9.57. The number of benzene rings is 1. The van der Waals surface area contributed by atoms with E-state index in [-0.39, 0.29) is 0 Å². The van der Waals surface area contributed by atoms with E-state index in [0.717, 1.165) is 6.42 Å². The summed E-state index contributed by atoms with van der Waals surface area (Å²) in [7, 11) is 1.82. The van der Waals surface area contributed by atoms with Crippen LogP contribution in [0.5, 0.6) is 0 Å². The zero-order chi connectivity index (χ0) is 9.68. The van der Waals surface area contributed by atoms with E-state index >= 15 is 0 Å². The summed E-state index contributed by atoms with van der Waals surface area (Å²) in [6, 6.07) is 8.32. The predicted octanol–water partition coefficient (Wildman–Crippen LogP) is 0.969. The highest BCUT2D eigenvalue weighted by Gasteiger charge is 2.15. The van der Waals surface area contributed by atoms with Gasteiger partial charge in [0.15, 0.2) is 0 Å². The molecular weight excluding hydrogens is 180 g/mol. The van der Waals surface area contributed by atoms with E-state index < -0.39 is 9.28 Å². The maximum absolute atomic E-state index is 5.34. The third kappa shape index (κ3) is 2.40. The largest absolute Gasteiger partial charge is 0.397 e. The molecule has 72 valence electrons. The van der Waals surface area contributed by atoms with Gasteiger partial charge in [-0.1, -0.05) is 31.2 Å². The molecule has 0 saturated heterocycles. The van der Waals surface area contributed by atoms with Gasteiger partial charge in [-0.05, 0) is 17.2 Å². The summed E-state index contributed by atoms with van der Waals surface area (Å²) < 4.78 is 10.7. The van der Waals surface area contributed by atoms with Gasteiger partial charge in [0.2, 0.25) is 0 Å². The lowest BCUT2D eigenvalue weighted by molar-refractivity contribution is 0.291. The van der Waals surface area contributed by atoms with Crippen LogP contribution in [0.3, 0.4) is 0 Å². The van der Waals surface area contributed by atoms with Crippen LogP contribution >= 0.6 is 0 Å². The Morgan fingerprint density at radius 1 is 1.15 bits per heavy atom. The molecule has 0 aromatic heterocycles. The number of rotatable bonds is 4. The normalized spacial score (nSPS) is 10.8. The first-order valence-electron chi connectivity index (χ1n) is 4.46. The van der Waals surface area contributed by atoms with Gasteiger partial charge in [0.05, 0.1) is 0 Å². The second-order valence-corrected chi connectivity index (χ2v) is 5.08. The Balaban J connectivity index is 2.96. The summed E-state index contributed by atoms with van der Waals surface area (Å²) in [5.74, 6) is 0. The molecule has 2 nitrogen and oxygen atoms in total. The van der Waals surface area contributed by atoms with Gasteiger partial charge >= 0.3 is 9.28 Å². The minimum atomic E-state index is -1.61. The van der Waals surface area contributed by atoms with Crippen molar-refractivity contribution in [2.24, 2.45) is 0 Å². The summed E-state index contributed by atoms with van der Waals surface area (Å²) in [5, 5.41) is 1.26. The lowest BCUT2D eigenvalue weighted by Gasteiger charge is -2.14. The molecule has 0 fully saturated rings. The van der Waals surface area contributed by atoms with Crippen molar-refractivity contribution < 1.29 is 8.85 Å². The molecule has 1 aromatic carbocycles. The quantitative estimate of drug-likeness (QED) is 0.668. The Hall–Kier alpha value is -0.643. The van der Waals surface area contributed by atoms with Crippen molar-refractivity contribution in [1.82, 2.24) is 0 Å². The second-order valence-electron chi connectivity index (χ2n) is 2.86. The molecule has 0 unspecified atom stereocenters. The second kappa shape index (κ2) is 5.17. The number of aryl methyl sites for hydroxylation is 1. The molecule has 0 heterocycles. The van der Waals surface area contributed by atoms with Gasteiger partial charge in [-0.25, -0.2) is 0 Å². The first-order chi connectivity index (χ1) is 6.33. The molecule has 0 N–H and O–H groups in total. The van der Waals surface area contributed by atoms with Crippen LogP contribution < -0.4 is 5.19 Å². The van der Waals surface area contributed by atoms with Gasteiger partial charge in [0.25, 0.3) is 0 Å². The van der Waals surface area contributed by atoms with E-state index in [9.17, 15) is 0 Å². The highest BCUT2D eigenvalue weighted by Crippen LogP contribution is 2.00. The first kappa shape index (κ1) is 10.4. The van der Waals surface area contributed by atoms with Gasteiger partial charge in [-0.3, -0.25) is 0 Å². The fraction of sp³-hybridized carbons (Fsp3) is 0.400. The van der Waals surface area contributed by atoms with E-state index in [0.29, 0.717) is 0 Å². The van der Waals surface area contributed by atoms with Crippen LogP contribution in [0.2, 0.25) is 0 Å². The Labute approximate surface area is 81.3 Å². The molecule has 0 aliphatic rings. The third-order valence-corrected chi connectivity index (χ3v) is 4.05. The molecule has 0 amide bonds. The maximum atomic E-state index is 5.34. The average molecular weight is 196 g/mol. The lowest BCUT2D eigenvalue weighted by atomic mass is 10.2. The molecular formula is C10H16O2Si. The Morgan fingerprint density at radius 3 is 2.31 bits per heavy atom. The molecule has 0 aliphatic carbocycles. The molecule has 0 radical (unpaired) electrons. The van der Waals surface area contributed by atoms with Gasteiger partial charge in [-0.15, -0.1) is 0 Å². The van der Waals surface area contributed by atoms with Crippen molar-refractivity contribution in [3.63, 3.8) is 0 Å². The fourth-order valence-corrected chi connectivity index (χ4v) is 3.01. The van der Waals surface area contributed by atoms with Gasteiger partial charge in [0, 0.05) is 14.2 Å². The van der Waals surface area contributed by atoms with Crippen LogP contribution in [-0.2, 0) is 15.3 Å². The van der Waals surface area contributed by atoms with Crippen molar-refractivity contribution in [3.05, 3.63) is 29.8 Å². The molecule has 13 heavy (non-hydrogen) atoms. The molecule has 3 heteroatoms. The van der Waals surface area contributed by atoms with Crippen molar-refractivity contribution in [1.29, 1.82) is 0 Å².